The van der Waals surface area contributed by atoms with Crippen LogP contribution in [0.1, 0.15) is 28.1 Å². The molecule has 4 aromatic rings. The highest BCUT2D eigenvalue weighted by atomic mass is 16.5. The molecule has 3 heterocycles. The fraction of sp³-hybridized carbons (Fsp3) is 0.125. The van der Waals surface area contributed by atoms with Crippen LogP contribution < -0.4 is 10.5 Å². The number of fused-ring (bicyclic) bond motifs is 1. The zero-order valence-electron chi connectivity index (χ0n) is 17.7. The van der Waals surface area contributed by atoms with E-state index < -0.39 is 5.97 Å². The van der Waals surface area contributed by atoms with Gasteiger partial charge in [-0.1, -0.05) is 0 Å². The summed E-state index contributed by atoms with van der Waals surface area (Å²) in [6, 6.07) is 8.85. The van der Waals surface area contributed by atoms with Crippen LogP contribution in [-0.2, 0) is 11.2 Å². The number of ketones is 1. The zero-order valence-corrected chi connectivity index (χ0v) is 17.7. The van der Waals surface area contributed by atoms with Gasteiger partial charge in [0.25, 0.3) is 0 Å². The van der Waals surface area contributed by atoms with Gasteiger partial charge in [0.1, 0.15) is 11.6 Å². The summed E-state index contributed by atoms with van der Waals surface area (Å²) in [6.07, 6.45) is 7.99. The first-order chi connectivity index (χ1) is 15.9. The molecule has 0 saturated carbocycles. The zero-order chi connectivity index (χ0) is 23.4. The van der Waals surface area contributed by atoms with E-state index in [1.165, 1.54) is 25.6 Å². The Morgan fingerprint density at radius 1 is 1.12 bits per heavy atom. The summed E-state index contributed by atoms with van der Waals surface area (Å²) in [7, 11) is 1.52. The van der Waals surface area contributed by atoms with Crippen LogP contribution in [-0.4, -0.2) is 38.9 Å². The number of allylic oxidation sites excluding steroid dienone is 1. The monoisotopic (exact) mass is 444 g/mol. The lowest BCUT2D eigenvalue weighted by Gasteiger charge is -2.05. The molecule has 33 heavy (non-hydrogen) atoms. The van der Waals surface area contributed by atoms with Crippen molar-refractivity contribution >= 4 is 34.6 Å². The van der Waals surface area contributed by atoms with Crippen molar-refractivity contribution in [2.45, 2.75) is 12.8 Å². The van der Waals surface area contributed by atoms with Gasteiger partial charge < -0.3 is 20.0 Å². The van der Waals surface area contributed by atoms with Crippen molar-refractivity contribution in [1.82, 2.24) is 15.0 Å². The molecule has 0 bridgehead atoms. The smallest absolute Gasteiger partial charge is 0.338 e. The lowest BCUT2D eigenvalue weighted by atomic mass is 10.1. The van der Waals surface area contributed by atoms with Gasteiger partial charge in [0, 0.05) is 42.4 Å². The average molecular weight is 444 g/mol. The Balaban J connectivity index is 1.50. The van der Waals surface area contributed by atoms with E-state index in [9.17, 15) is 9.59 Å². The minimum Gasteiger partial charge on any atom is -0.493 e. The molecule has 0 unspecified atom stereocenters. The summed E-state index contributed by atoms with van der Waals surface area (Å²) in [5, 5.41) is 9.78. The van der Waals surface area contributed by atoms with Crippen molar-refractivity contribution < 1.29 is 23.8 Å². The number of carboxylic acid groups (broad SMARTS) is 1. The largest absolute Gasteiger partial charge is 0.493 e. The minimum absolute atomic E-state index is 0.00349. The van der Waals surface area contributed by atoms with Crippen molar-refractivity contribution in [3.8, 4) is 17.1 Å². The molecule has 0 aliphatic rings. The number of aromatic nitrogens is 3. The number of aromatic carboxylic acids is 1. The Labute approximate surface area is 188 Å². The van der Waals surface area contributed by atoms with Gasteiger partial charge in [-0.2, -0.15) is 0 Å². The minimum atomic E-state index is -1.09. The third-order valence-electron chi connectivity index (χ3n) is 4.90. The highest BCUT2D eigenvalue weighted by Gasteiger charge is 2.14. The van der Waals surface area contributed by atoms with Crippen LogP contribution in [0.15, 0.2) is 59.4 Å². The summed E-state index contributed by atoms with van der Waals surface area (Å²) in [4.78, 5) is 35.5. The van der Waals surface area contributed by atoms with Gasteiger partial charge in [0.2, 0.25) is 0 Å². The van der Waals surface area contributed by atoms with Crippen LogP contribution in [0.25, 0.3) is 28.4 Å². The first-order valence-corrected chi connectivity index (χ1v) is 10.0. The molecule has 3 aromatic heterocycles. The predicted octanol–water partition coefficient (Wildman–Crippen LogP) is 3.79. The van der Waals surface area contributed by atoms with Crippen LogP contribution in [0.3, 0.4) is 0 Å². The number of hydrogen-bond acceptors (Lipinski definition) is 8. The van der Waals surface area contributed by atoms with Crippen LogP contribution in [0.5, 0.6) is 5.75 Å². The van der Waals surface area contributed by atoms with E-state index in [2.05, 4.69) is 15.0 Å². The first-order valence-electron chi connectivity index (χ1n) is 10.0. The number of anilines is 1. The Kier molecular flexibility index (Phi) is 6.12. The first kappa shape index (κ1) is 21.7. The van der Waals surface area contributed by atoms with Crippen molar-refractivity contribution in [2.75, 3.05) is 12.8 Å². The summed E-state index contributed by atoms with van der Waals surface area (Å²) in [5.41, 5.74) is 7.55. The van der Waals surface area contributed by atoms with Crippen molar-refractivity contribution in [1.29, 1.82) is 0 Å². The Morgan fingerprint density at radius 3 is 2.58 bits per heavy atom. The molecule has 0 atom stereocenters. The standard InChI is InChI=1S/C24H20N4O5/c1-32-20-10-16(23-27-12-17(13-28-23)24(30)31)8-15-9-19(33-22(15)20)6-5-18(29)4-2-14-3-7-21(25)26-11-14/h2-4,7-13H,5-6H2,1H3,(H2,25,26)(H,30,31)/b4-2+. The van der Waals surface area contributed by atoms with Gasteiger partial charge in [0.15, 0.2) is 22.9 Å². The number of nitrogens with two attached hydrogens (primary N) is 1. The average Bonchev–Trinajstić information content (AvgIpc) is 3.25. The number of aryl methyl sites for hydroxylation is 1. The number of nitrogens with zero attached hydrogens (tertiary/aromatic N) is 3. The molecule has 0 spiro atoms. The molecule has 3 N–H and O–H groups in total. The summed E-state index contributed by atoms with van der Waals surface area (Å²) in [6.45, 7) is 0. The van der Waals surface area contributed by atoms with Crippen molar-refractivity contribution in [3.05, 3.63) is 71.9 Å². The van der Waals surface area contributed by atoms with Crippen LogP contribution in [0.4, 0.5) is 5.82 Å². The molecule has 0 aliphatic heterocycles. The number of carbonyl (C=O) groups is 2. The van der Waals surface area contributed by atoms with E-state index in [-0.39, 0.29) is 17.8 Å². The Hall–Kier alpha value is -4.53. The molecule has 0 saturated heterocycles. The summed E-state index contributed by atoms with van der Waals surface area (Å²) < 4.78 is 11.4. The van der Waals surface area contributed by atoms with Crippen LogP contribution >= 0.6 is 0 Å². The SMILES string of the molecule is COc1cc(-c2ncc(C(=O)O)cn2)cc2cc(CCC(=O)/C=C/c3ccc(N)nc3)oc12. The molecule has 9 nitrogen and oxygen atoms in total. The number of ether oxygens (including phenoxy) is 1. The molecule has 0 fully saturated rings. The summed E-state index contributed by atoms with van der Waals surface area (Å²) >= 11 is 0. The number of carbonyl (C=O) groups excluding carboxylic acids is 1. The second kappa shape index (κ2) is 9.31. The predicted molar refractivity (Wildman–Crippen MR) is 122 cm³/mol. The Bertz CT molecular complexity index is 1340. The van der Waals surface area contributed by atoms with Gasteiger partial charge in [-0.3, -0.25) is 4.79 Å². The molecule has 0 amide bonds. The number of pyridine rings is 1. The maximum Gasteiger partial charge on any atom is 0.338 e. The lowest BCUT2D eigenvalue weighted by molar-refractivity contribution is -0.114. The van der Waals surface area contributed by atoms with Gasteiger partial charge in [-0.25, -0.2) is 19.7 Å². The van der Waals surface area contributed by atoms with Crippen molar-refractivity contribution in [2.24, 2.45) is 0 Å². The fourth-order valence-electron chi connectivity index (χ4n) is 3.20. The van der Waals surface area contributed by atoms with Crippen molar-refractivity contribution in [3.63, 3.8) is 0 Å². The van der Waals surface area contributed by atoms with E-state index in [1.807, 2.05) is 12.1 Å². The highest BCUT2D eigenvalue weighted by molar-refractivity contribution is 5.94. The molecule has 166 valence electrons. The highest BCUT2D eigenvalue weighted by Crippen LogP contribution is 2.34. The maximum absolute atomic E-state index is 12.3. The lowest BCUT2D eigenvalue weighted by Crippen LogP contribution is -1.99. The fourth-order valence-corrected chi connectivity index (χ4v) is 3.20. The molecule has 1 aromatic carbocycles. The molecular formula is C24H20N4O5. The third-order valence-corrected chi connectivity index (χ3v) is 4.90. The van der Waals surface area contributed by atoms with E-state index in [4.69, 9.17) is 20.0 Å². The normalized spacial score (nSPS) is 11.2. The number of methoxy groups -OCH3 is 1. The number of nitrogen functional groups attached to an aromatic ring is 1. The topological polar surface area (TPSA) is 141 Å². The molecule has 4 rings (SSSR count). The molecule has 0 aliphatic carbocycles. The Morgan fingerprint density at radius 2 is 1.91 bits per heavy atom. The van der Waals surface area contributed by atoms with Gasteiger partial charge in [-0.15, -0.1) is 0 Å². The number of furan rings is 1. The molecular weight excluding hydrogens is 424 g/mol. The van der Waals surface area contributed by atoms with E-state index in [0.717, 1.165) is 10.9 Å². The van der Waals surface area contributed by atoms with Gasteiger partial charge in [0.05, 0.1) is 12.7 Å². The quantitative estimate of drug-likeness (QED) is 0.388. The van der Waals surface area contributed by atoms with E-state index in [1.54, 1.807) is 30.5 Å². The van der Waals surface area contributed by atoms with E-state index in [0.29, 0.717) is 40.7 Å². The number of hydrogen-bond donors (Lipinski definition) is 2. The number of carboxylic acids is 1. The summed E-state index contributed by atoms with van der Waals surface area (Å²) in [5.74, 6) is 0.766. The molecule has 9 heteroatoms. The van der Waals surface area contributed by atoms with Gasteiger partial charge in [-0.05, 0) is 48.0 Å². The number of benzene rings is 1. The number of rotatable bonds is 8. The third kappa shape index (κ3) is 5.04. The van der Waals surface area contributed by atoms with E-state index >= 15 is 0 Å². The second-order valence-corrected chi connectivity index (χ2v) is 7.23. The van der Waals surface area contributed by atoms with Crippen LogP contribution in [0, 0.1) is 0 Å². The van der Waals surface area contributed by atoms with Gasteiger partial charge >= 0.3 is 5.97 Å². The maximum atomic E-state index is 12.3. The van der Waals surface area contributed by atoms with Crippen LogP contribution in [0.2, 0.25) is 0 Å². The second-order valence-electron chi connectivity index (χ2n) is 7.23. The molecule has 0 radical (unpaired) electrons.